The fraction of sp³-hybridized carbons (Fsp3) is 0.538. The second-order valence-corrected chi connectivity index (χ2v) is 5.26. The first kappa shape index (κ1) is 16.1. The molecular weight excluding hydrogens is 312 g/mol. The fourth-order valence-electron chi connectivity index (χ4n) is 1.96. The number of methoxy groups -OCH3 is 1. The van der Waals surface area contributed by atoms with E-state index in [0.717, 1.165) is 12.1 Å². The van der Waals surface area contributed by atoms with Gasteiger partial charge in [-0.25, -0.2) is 0 Å². The number of hydrogen-bond acceptors (Lipinski definition) is 4. The summed E-state index contributed by atoms with van der Waals surface area (Å²) in [5.41, 5.74) is 1.03. The van der Waals surface area contributed by atoms with Crippen molar-refractivity contribution in [2.75, 3.05) is 20.3 Å². The summed E-state index contributed by atoms with van der Waals surface area (Å²) in [5.74, 6) is 0. The molecule has 1 aromatic carbocycles. The average Bonchev–Trinajstić information content (AvgIpc) is 2.37. The number of nitro benzene ring substituents is 1. The lowest BCUT2D eigenvalue weighted by Crippen LogP contribution is -2.35. The highest BCUT2D eigenvalue weighted by Gasteiger charge is 2.16. The molecule has 19 heavy (non-hydrogen) atoms. The van der Waals surface area contributed by atoms with Crippen LogP contribution in [0.25, 0.3) is 0 Å². The van der Waals surface area contributed by atoms with Crippen molar-refractivity contribution in [1.82, 2.24) is 4.90 Å². The minimum Gasteiger partial charge on any atom is -0.383 e. The van der Waals surface area contributed by atoms with Crippen molar-refractivity contribution >= 4 is 21.6 Å². The van der Waals surface area contributed by atoms with Crippen LogP contribution in [-0.4, -0.2) is 36.1 Å². The number of ether oxygens (including phenoxy) is 1. The van der Waals surface area contributed by atoms with Gasteiger partial charge in [0.25, 0.3) is 5.69 Å². The van der Waals surface area contributed by atoms with Crippen LogP contribution in [0.3, 0.4) is 0 Å². The third-order valence-electron chi connectivity index (χ3n) is 3.03. The zero-order chi connectivity index (χ0) is 14.4. The molecule has 0 fully saturated rings. The third-order valence-corrected chi connectivity index (χ3v) is 3.70. The Morgan fingerprint density at radius 3 is 2.74 bits per heavy atom. The van der Waals surface area contributed by atoms with Crippen LogP contribution in [0.15, 0.2) is 22.7 Å². The molecule has 0 aromatic heterocycles. The molecule has 0 radical (unpaired) electrons. The molecule has 1 atom stereocenters. The molecule has 5 nitrogen and oxygen atoms in total. The van der Waals surface area contributed by atoms with Crippen LogP contribution in [0.5, 0.6) is 0 Å². The van der Waals surface area contributed by atoms with E-state index in [0.29, 0.717) is 17.6 Å². The summed E-state index contributed by atoms with van der Waals surface area (Å²) >= 11 is 3.19. The number of nitrogens with zero attached hydrogens (tertiary/aromatic N) is 2. The highest BCUT2D eigenvalue weighted by Crippen LogP contribution is 2.26. The van der Waals surface area contributed by atoms with Crippen LogP contribution in [0, 0.1) is 10.1 Å². The average molecular weight is 331 g/mol. The molecule has 6 heteroatoms. The molecule has 106 valence electrons. The quantitative estimate of drug-likeness (QED) is 0.569. The van der Waals surface area contributed by atoms with Gasteiger partial charge >= 0.3 is 0 Å². The maximum Gasteiger partial charge on any atom is 0.283 e. The second-order valence-electron chi connectivity index (χ2n) is 4.41. The Kier molecular flexibility index (Phi) is 6.41. The van der Waals surface area contributed by atoms with Crippen LogP contribution in [0.2, 0.25) is 0 Å². The first-order chi connectivity index (χ1) is 8.99. The van der Waals surface area contributed by atoms with Crippen molar-refractivity contribution in [3.05, 3.63) is 38.3 Å². The summed E-state index contributed by atoms with van der Waals surface area (Å²) in [7, 11) is 1.68. The standard InChI is InChI=1S/C13H19BrN2O3/c1-4-15(10(2)9-19-3)8-11-5-6-12(14)13(7-11)16(17)18/h5-7,10H,4,8-9H2,1-3H3. The van der Waals surface area contributed by atoms with Crippen molar-refractivity contribution in [2.45, 2.75) is 26.4 Å². The van der Waals surface area contributed by atoms with Gasteiger partial charge in [0.2, 0.25) is 0 Å². The zero-order valence-corrected chi connectivity index (χ0v) is 13.0. The Labute approximate surface area is 121 Å². The van der Waals surface area contributed by atoms with Crippen LogP contribution in [-0.2, 0) is 11.3 Å². The van der Waals surface area contributed by atoms with Crippen LogP contribution in [0.4, 0.5) is 5.69 Å². The van der Waals surface area contributed by atoms with Crippen molar-refractivity contribution in [1.29, 1.82) is 0 Å². The fourth-order valence-corrected chi connectivity index (χ4v) is 2.35. The van der Waals surface area contributed by atoms with Gasteiger partial charge in [0.1, 0.15) is 0 Å². The van der Waals surface area contributed by atoms with Gasteiger partial charge in [0, 0.05) is 25.8 Å². The van der Waals surface area contributed by atoms with Gasteiger partial charge in [-0.1, -0.05) is 13.0 Å². The summed E-state index contributed by atoms with van der Waals surface area (Å²) in [6.45, 7) is 6.34. The van der Waals surface area contributed by atoms with Gasteiger partial charge in [-0.15, -0.1) is 0 Å². The van der Waals surface area contributed by atoms with E-state index < -0.39 is 0 Å². The number of hydrogen-bond donors (Lipinski definition) is 0. The molecule has 0 saturated carbocycles. The van der Waals surface area contributed by atoms with Crippen molar-refractivity contribution < 1.29 is 9.66 Å². The van der Waals surface area contributed by atoms with Gasteiger partial charge < -0.3 is 4.74 Å². The molecule has 0 saturated heterocycles. The molecule has 0 bridgehead atoms. The molecule has 0 aliphatic carbocycles. The second kappa shape index (κ2) is 7.57. The zero-order valence-electron chi connectivity index (χ0n) is 11.4. The van der Waals surface area contributed by atoms with Crippen molar-refractivity contribution in [3.63, 3.8) is 0 Å². The minimum atomic E-state index is -0.373. The van der Waals surface area contributed by atoms with Gasteiger partial charge in [-0.3, -0.25) is 15.0 Å². The SMILES string of the molecule is CCN(Cc1ccc(Br)c([N+](=O)[O-])c1)C(C)COC. The monoisotopic (exact) mass is 330 g/mol. The van der Waals surface area contributed by atoms with E-state index in [1.165, 1.54) is 0 Å². The number of rotatable bonds is 7. The molecule has 0 N–H and O–H groups in total. The van der Waals surface area contributed by atoms with E-state index >= 15 is 0 Å². The van der Waals surface area contributed by atoms with Gasteiger partial charge in [0.15, 0.2) is 0 Å². The molecule has 0 heterocycles. The summed E-state index contributed by atoms with van der Waals surface area (Å²) in [4.78, 5) is 12.8. The van der Waals surface area contributed by atoms with E-state index in [9.17, 15) is 10.1 Å². The maximum absolute atomic E-state index is 10.9. The van der Waals surface area contributed by atoms with Crippen LogP contribution < -0.4 is 0 Å². The van der Waals surface area contributed by atoms with E-state index in [1.54, 1.807) is 19.2 Å². The van der Waals surface area contributed by atoms with E-state index in [1.807, 2.05) is 6.07 Å². The Morgan fingerprint density at radius 1 is 1.53 bits per heavy atom. The predicted octanol–water partition coefficient (Wildman–Crippen LogP) is 3.21. The lowest BCUT2D eigenvalue weighted by atomic mass is 10.1. The van der Waals surface area contributed by atoms with Gasteiger partial charge in [0.05, 0.1) is 16.0 Å². The van der Waals surface area contributed by atoms with Gasteiger partial charge in [-0.2, -0.15) is 0 Å². The Bertz CT molecular complexity index is 440. The normalized spacial score (nSPS) is 12.7. The molecule has 0 spiro atoms. The van der Waals surface area contributed by atoms with Crippen molar-refractivity contribution in [2.24, 2.45) is 0 Å². The van der Waals surface area contributed by atoms with Crippen LogP contribution in [0.1, 0.15) is 19.4 Å². The molecule has 1 unspecified atom stereocenters. The van der Waals surface area contributed by atoms with Gasteiger partial charge in [-0.05, 0) is 41.0 Å². The minimum absolute atomic E-state index is 0.105. The topological polar surface area (TPSA) is 55.6 Å². The smallest absolute Gasteiger partial charge is 0.283 e. The summed E-state index contributed by atoms with van der Waals surface area (Å²) < 4.78 is 5.66. The number of benzene rings is 1. The van der Waals surface area contributed by atoms with E-state index in [4.69, 9.17) is 4.74 Å². The molecular formula is C13H19BrN2O3. The summed E-state index contributed by atoms with van der Waals surface area (Å²) in [6.07, 6.45) is 0. The molecule has 0 aliphatic rings. The van der Waals surface area contributed by atoms with E-state index in [2.05, 4.69) is 34.7 Å². The molecule has 1 aromatic rings. The summed E-state index contributed by atoms with van der Waals surface area (Å²) in [5, 5.41) is 10.9. The number of likely N-dealkylation sites (N-methyl/N-ethyl adjacent to an activating group) is 1. The third kappa shape index (κ3) is 4.56. The first-order valence-electron chi connectivity index (χ1n) is 6.15. The highest BCUT2D eigenvalue weighted by atomic mass is 79.9. The summed E-state index contributed by atoms with van der Waals surface area (Å²) in [6, 6.07) is 5.52. The number of halogens is 1. The lowest BCUT2D eigenvalue weighted by Gasteiger charge is -2.27. The van der Waals surface area contributed by atoms with Crippen LogP contribution >= 0.6 is 15.9 Å². The molecule has 0 aliphatic heterocycles. The van der Waals surface area contributed by atoms with E-state index in [-0.39, 0.29) is 16.7 Å². The first-order valence-corrected chi connectivity index (χ1v) is 6.94. The Hall–Kier alpha value is -0.980. The molecule has 1 rings (SSSR count). The van der Waals surface area contributed by atoms with Crippen molar-refractivity contribution in [3.8, 4) is 0 Å². The lowest BCUT2D eigenvalue weighted by molar-refractivity contribution is -0.385. The maximum atomic E-state index is 10.9. The largest absolute Gasteiger partial charge is 0.383 e. The molecule has 0 amide bonds. The number of nitro groups is 1. The highest BCUT2D eigenvalue weighted by molar-refractivity contribution is 9.10. The predicted molar refractivity (Wildman–Crippen MR) is 78.2 cm³/mol. The Morgan fingerprint density at radius 2 is 2.21 bits per heavy atom. The Balaban J connectivity index is 2.85.